The molecule has 3 heteroatoms. The van der Waals surface area contributed by atoms with Gasteiger partial charge in [-0.15, -0.1) is 0 Å². The first-order chi connectivity index (χ1) is 11.9. The molecule has 0 saturated heterocycles. The summed E-state index contributed by atoms with van der Waals surface area (Å²) < 4.78 is 12.8. The fourth-order valence-electron chi connectivity index (χ4n) is 3.34. The predicted molar refractivity (Wildman–Crippen MR) is 112 cm³/mol. The van der Waals surface area contributed by atoms with Gasteiger partial charge in [0.05, 0.1) is 6.16 Å². The molecule has 2 aromatic carbocycles. The van der Waals surface area contributed by atoms with Gasteiger partial charge in [0.25, 0.3) is 8.38 Å². The summed E-state index contributed by atoms with van der Waals surface area (Å²) in [6.45, 7) is 17.8. The molecule has 3 rings (SSSR count). The van der Waals surface area contributed by atoms with Crippen molar-refractivity contribution in [1.29, 1.82) is 0 Å². The number of rotatable bonds is 2. The Morgan fingerprint density at radius 3 is 1.96 bits per heavy atom. The Bertz CT molecular complexity index is 790. The molecule has 1 heterocycles. The summed E-state index contributed by atoms with van der Waals surface area (Å²) in [6.07, 6.45) is 0.855. The SMILES string of the molecule is Cc1ccc2c(c1)CP(Oc1c(C(C)(C)C)cc(C)cc1C(C)(C)C)O2. The molecular weight excluding hydrogens is 339 g/mol. The van der Waals surface area contributed by atoms with Crippen molar-refractivity contribution in [3.63, 3.8) is 0 Å². The van der Waals surface area contributed by atoms with Crippen LogP contribution in [0.15, 0.2) is 30.3 Å². The van der Waals surface area contributed by atoms with Crippen LogP contribution in [0.1, 0.15) is 69.4 Å². The molecule has 0 amide bonds. The van der Waals surface area contributed by atoms with Gasteiger partial charge in [0.15, 0.2) is 0 Å². The molecule has 1 aliphatic heterocycles. The van der Waals surface area contributed by atoms with Gasteiger partial charge in [-0.3, -0.25) is 0 Å². The van der Waals surface area contributed by atoms with E-state index in [2.05, 4.69) is 85.7 Å². The molecular formula is C23H31O2P. The topological polar surface area (TPSA) is 18.5 Å². The Labute approximate surface area is 159 Å². The summed E-state index contributed by atoms with van der Waals surface area (Å²) in [6, 6.07) is 10.9. The largest absolute Gasteiger partial charge is 0.438 e. The molecule has 0 aliphatic carbocycles. The maximum absolute atomic E-state index is 6.61. The molecule has 0 radical (unpaired) electrons. The minimum absolute atomic E-state index is 0.0137. The molecule has 2 nitrogen and oxygen atoms in total. The van der Waals surface area contributed by atoms with Crippen LogP contribution in [0.3, 0.4) is 0 Å². The normalized spacial score (nSPS) is 17.0. The second-order valence-electron chi connectivity index (χ2n) is 9.47. The van der Waals surface area contributed by atoms with Gasteiger partial charge in [0.2, 0.25) is 0 Å². The van der Waals surface area contributed by atoms with Gasteiger partial charge in [-0.25, -0.2) is 0 Å². The molecule has 2 aromatic rings. The van der Waals surface area contributed by atoms with Gasteiger partial charge in [0.1, 0.15) is 11.5 Å². The van der Waals surface area contributed by atoms with E-state index in [1.165, 1.54) is 27.8 Å². The summed E-state index contributed by atoms with van der Waals surface area (Å²) >= 11 is 0. The molecule has 26 heavy (non-hydrogen) atoms. The van der Waals surface area contributed by atoms with E-state index < -0.39 is 8.38 Å². The first-order valence-electron chi connectivity index (χ1n) is 9.34. The van der Waals surface area contributed by atoms with E-state index >= 15 is 0 Å². The highest BCUT2D eigenvalue weighted by molar-refractivity contribution is 7.47. The Morgan fingerprint density at radius 2 is 1.42 bits per heavy atom. The van der Waals surface area contributed by atoms with Crippen LogP contribution < -0.4 is 9.05 Å². The molecule has 0 spiro atoms. The van der Waals surface area contributed by atoms with Crippen LogP contribution in [0.5, 0.6) is 11.5 Å². The maximum atomic E-state index is 6.61. The van der Waals surface area contributed by atoms with Crippen LogP contribution in [0, 0.1) is 13.8 Å². The number of hydrogen-bond donors (Lipinski definition) is 0. The lowest BCUT2D eigenvalue weighted by molar-refractivity contribution is 0.462. The smallest absolute Gasteiger partial charge is 0.295 e. The molecule has 0 fully saturated rings. The minimum Gasteiger partial charge on any atom is -0.438 e. The van der Waals surface area contributed by atoms with Crippen LogP contribution in [0.25, 0.3) is 0 Å². The standard InChI is InChI=1S/C23H31O2P/c1-15-9-10-20-17(11-15)14-26(24-20)25-21-18(22(3,4)5)12-16(2)13-19(21)23(6,7)8/h9-13H,14H2,1-8H3. The van der Waals surface area contributed by atoms with Crippen molar-refractivity contribution in [2.24, 2.45) is 0 Å². The second kappa shape index (κ2) is 6.57. The van der Waals surface area contributed by atoms with Crippen molar-refractivity contribution in [2.45, 2.75) is 72.4 Å². The number of fused-ring (bicyclic) bond motifs is 1. The van der Waals surface area contributed by atoms with Crippen molar-refractivity contribution in [1.82, 2.24) is 0 Å². The predicted octanol–water partition coefficient (Wildman–Crippen LogP) is 7.18. The number of benzene rings is 2. The van der Waals surface area contributed by atoms with E-state index in [4.69, 9.17) is 9.05 Å². The van der Waals surface area contributed by atoms with E-state index in [0.717, 1.165) is 17.7 Å². The van der Waals surface area contributed by atoms with Gasteiger partial charge >= 0.3 is 0 Å². The van der Waals surface area contributed by atoms with Crippen molar-refractivity contribution in [3.05, 3.63) is 58.1 Å². The van der Waals surface area contributed by atoms with Crippen LogP contribution in [0.4, 0.5) is 0 Å². The molecule has 1 aliphatic rings. The third-order valence-corrected chi connectivity index (χ3v) is 6.14. The zero-order chi connectivity index (χ0) is 19.3. The van der Waals surface area contributed by atoms with E-state index in [-0.39, 0.29) is 10.8 Å². The molecule has 140 valence electrons. The lowest BCUT2D eigenvalue weighted by atomic mass is 9.78. The first kappa shape index (κ1) is 19.2. The third kappa shape index (κ3) is 3.91. The summed E-state index contributed by atoms with van der Waals surface area (Å²) in [5, 5.41) is 0. The molecule has 0 saturated carbocycles. The van der Waals surface area contributed by atoms with E-state index in [9.17, 15) is 0 Å². The monoisotopic (exact) mass is 370 g/mol. The summed E-state index contributed by atoms with van der Waals surface area (Å²) in [5.74, 6) is 2.00. The summed E-state index contributed by atoms with van der Waals surface area (Å²) in [4.78, 5) is 0. The van der Waals surface area contributed by atoms with Gasteiger partial charge in [-0.05, 0) is 30.7 Å². The average molecular weight is 370 g/mol. The Kier molecular flexibility index (Phi) is 4.86. The van der Waals surface area contributed by atoms with Crippen molar-refractivity contribution < 1.29 is 9.05 Å². The summed E-state index contributed by atoms with van der Waals surface area (Å²) in [5.41, 5.74) is 6.37. The first-order valence-corrected chi connectivity index (χ1v) is 10.7. The van der Waals surface area contributed by atoms with Gasteiger partial charge in [-0.1, -0.05) is 76.9 Å². The zero-order valence-corrected chi connectivity index (χ0v) is 18.3. The quantitative estimate of drug-likeness (QED) is 0.521. The van der Waals surface area contributed by atoms with E-state index in [1.54, 1.807) is 0 Å². The van der Waals surface area contributed by atoms with Crippen molar-refractivity contribution in [3.8, 4) is 11.5 Å². The van der Waals surface area contributed by atoms with E-state index in [0.29, 0.717) is 0 Å². The van der Waals surface area contributed by atoms with Gasteiger partial charge in [-0.2, -0.15) is 0 Å². The average Bonchev–Trinajstić information content (AvgIpc) is 2.87. The Morgan fingerprint density at radius 1 is 0.846 bits per heavy atom. The highest BCUT2D eigenvalue weighted by Crippen LogP contribution is 2.54. The molecule has 1 unspecified atom stereocenters. The maximum Gasteiger partial charge on any atom is 0.295 e. The molecule has 0 aromatic heterocycles. The van der Waals surface area contributed by atoms with Crippen LogP contribution >= 0.6 is 8.38 Å². The van der Waals surface area contributed by atoms with Crippen LogP contribution in [-0.2, 0) is 17.0 Å². The lowest BCUT2D eigenvalue weighted by Gasteiger charge is -2.31. The molecule has 1 atom stereocenters. The van der Waals surface area contributed by atoms with Crippen LogP contribution in [-0.4, -0.2) is 0 Å². The minimum atomic E-state index is -0.997. The number of hydrogen-bond acceptors (Lipinski definition) is 2. The molecule has 0 N–H and O–H groups in total. The van der Waals surface area contributed by atoms with E-state index in [1.807, 2.05) is 0 Å². The third-order valence-electron chi connectivity index (χ3n) is 4.76. The highest BCUT2D eigenvalue weighted by atomic mass is 31.2. The van der Waals surface area contributed by atoms with Gasteiger partial charge < -0.3 is 9.05 Å². The fourth-order valence-corrected chi connectivity index (χ4v) is 4.83. The van der Waals surface area contributed by atoms with Crippen molar-refractivity contribution in [2.75, 3.05) is 0 Å². The van der Waals surface area contributed by atoms with Crippen molar-refractivity contribution >= 4 is 8.38 Å². The summed E-state index contributed by atoms with van der Waals surface area (Å²) in [7, 11) is -0.997. The second-order valence-corrected chi connectivity index (χ2v) is 10.8. The highest BCUT2D eigenvalue weighted by Gasteiger charge is 2.32. The number of aryl methyl sites for hydroxylation is 2. The zero-order valence-electron chi connectivity index (χ0n) is 17.4. The lowest BCUT2D eigenvalue weighted by Crippen LogP contribution is -2.19. The van der Waals surface area contributed by atoms with Gasteiger partial charge in [0, 0.05) is 16.7 Å². The fraction of sp³-hybridized carbons (Fsp3) is 0.478. The Balaban J connectivity index is 2.02. The van der Waals surface area contributed by atoms with Crippen LogP contribution in [0.2, 0.25) is 0 Å². The molecule has 0 bridgehead atoms. The Hall–Kier alpha value is -1.53.